The molecule has 0 saturated carbocycles. The highest BCUT2D eigenvalue weighted by Crippen LogP contribution is 2.04. The van der Waals surface area contributed by atoms with Crippen LogP contribution in [0, 0.1) is 0 Å². The SMILES string of the molecule is COC(=O)[C@@H](C)NC(=O)N[C@@H](C)CCc1ccccc1. The van der Waals surface area contributed by atoms with Crippen LogP contribution in [0.2, 0.25) is 0 Å². The van der Waals surface area contributed by atoms with E-state index in [2.05, 4.69) is 27.5 Å². The molecule has 1 aromatic rings. The number of rotatable bonds is 6. The smallest absolute Gasteiger partial charge is 0.328 e. The van der Waals surface area contributed by atoms with Gasteiger partial charge in [0.25, 0.3) is 0 Å². The lowest BCUT2D eigenvalue weighted by Gasteiger charge is -2.17. The molecule has 5 heteroatoms. The van der Waals surface area contributed by atoms with Crippen molar-refractivity contribution in [2.75, 3.05) is 7.11 Å². The fourth-order valence-electron chi connectivity index (χ4n) is 1.80. The zero-order chi connectivity index (χ0) is 15.0. The van der Waals surface area contributed by atoms with Gasteiger partial charge in [-0.25, -0.2) is 9.59 Å². The number of ether oxygens (including phenoxy) is 1. The Morgan fingerprint density at radius 2 is 1.80 bits per heavy atom. The van der Waals surface area contributed by atoms with E-state index >= 15 is 0 Å². The van der Waals surface area contributed by atoms with Crippen molar-refractivity contribution in [3.8, 4) is 0 Å². The van der Waals surface area contributed by atoms with Crippen LogP contribution in [0.4, 0.5) is 4.79 Å². The number of hydrogen-bond acceptors (Lipinski definition) is 3. The Balaban J connectivity index is 2.29. The summed E-state index contributed by atoms with van der Waals surface area (Å²) in [4.78, 5) is 22.8. The van der Waals surface area contributed by atoms with Crippen LogP contribution in [-0.4, -0.2) is 31.2 Å². The third kappa shape index (κ3) is 5.73. The van der Waals surface area contributed by atoms with Gasteiger partial charge < -0.3 is 15.4 Å². The van der Waals surface area contributed by atoms with Crippen molar-refractivity contribution < 1.29 is 14.3 Å². The first-order valence-corrected chi connectivity index (χ1v) is 6.71. The number of benzene rings is 1. The Morgan fingerprint density at radius 3 is 2.40 bits per heavy atom. The lowest BCUT2D eigenvalue weighted by molar-refractivity contribution is -0.142. The molecule has 0 spiro atoms. The second-order valence-electron chi connectivity index (χ2n) is 4.79. The van der Waals surface area contributed by atoms with Gasteiger partial charge in [0.15, 0.2) is 0 Å². The van der Waals surface area contributed by atoms with Gasteiger partial charge in [0.1, 0.15) is 6.04 Å². The maximum atomic E-state index is 11.7. The number of hydrogen-bond donors (Lipinski definition) is 2. The minimum absolute atomic E-state index is 0.0278. The zero-order valence-corrected chi connectivity index (χ0v) is 12.2. The molecule has 0 fully saturated rings. The summed E-state index contributed by atoms with van der Waals surface area (Å²) in [7, 11) is 1.29. The maximum Gasteiger partial charge on any atom is 0.328 e. The number of esters is 1. The highest BCUT2D eigenvalue weighted by molar-refractivity contribution is 5.83. The predicted molar refractivity (Wildman–Crippen MR) is 77.4 cm³/mol. The van der Waals surface area contributed by atoms with Gasteiger partial charge >= 0.3 is 12.0 Å². The summed E-state index contributed by atoms with van der Waals surface area (Å²) >= 11 is 0. The molecule has 0 aliphatic heterocycles. The Morgan fingerprint density at radius 1 is 1.15 bits per heavy atom. The van der Waals surface area contributed by atoms with Gasteiger partial charge in [0.05, 0.1) is 7.11 Å². The fourth-order valence-corrected chi connectivity index (χ4v) is 1.80. The number of nitrogens with one attached hydrogen (secondary N) is 2. The molecule has 2 N–H and O–H groups in total. The molecule has 0 unspecified atom stereocenters. The standard InChI is InChI=1S/C15H22N2O3/c1-11(9-10-13-7-5-4-6-8-13)16-15(19)17-12(2)14(18)20-3/h4-8,11-12H,9-10H2,1-3H3,(H2,16,17,19)/t11-,12+/m0/s1. The largest absolute Gasteiger partial charge is 0.467 e. The highest BCUT2D eigenvalue weighted by Gasteiger charge is 2.16. The van der Waals surface area contributed by atoms with Crippen LogP contribution in [0.3, 0.4) is 0 Å². The molecule has 110 valence electrons. The predicted octanol–water partition coefficient (Wildman–Crippen LogP) is 1.87. The second kappa shape index (κ2) is 8.19. The van der Waals surface area contributed by atoms with E-state index in [9.17, 15) is 9.59 Å². The third-order valence-electron chi connectivity index (χ3n) is 2.99. The van der Waals surface area contributed by atoms with Gasteiger partial charge in [-0.2, -0.15) is 0 Å². The van der Waals surface area contributed by atoms with E-state index < -0.39 is 12.0 Å². The normalized spacial score (nSPS) is 13.2. The van der Waals surface area contributed by atoms with Crippen molar-refractivity contribution >= 4 is 12.0 Å². The quantitative estimate of drug-likeness (QED) is 0.781. The lowest BCUT2D eigenvalue weighted by Crippen LogP contribution is -2.47. The first-order chi connectivity index (χ1) is 9.52. The van der Waals surface area contributed by atoms with Crippen LogP contribution in [0.5, 0.6) is 0 Å². The van der Waals surface area contributed by atoms with Crippen LogP contribution >= 0.6 is 0 Å². The summed E-state index contributed by atoms with van der Waals surface area (Å²) in [5.74, 6) is -0.461. The molecule has 0 heterocycles. The Hall–Kier alpha value is -2.04. The summed E-state index contributed by atoms with van der Waals surface area (Å²) in [6, 6.07) is 9.12. The average Bonchev–Trinajstić information content (AvgIpc) is 2.45. The number of methoxy groups -OCH3 is 1. The molecule has 2 atom stereocenters. The van der Waals surface area contributed by atoms with E-state index in [4.69, 9.17) is 0 Å². The minimum Gasteiger partial charge on any atom is -0.467 e. The number of carbonyl (C=O) groups excluding carboxylic acids is 2. The van der Waals surface area contributed by atoms with E-state index in [1.54, 1.807) is 6.92 Å². The van der Waals surface area contributed by atoms with E-state index in [0.717, 1.165) is 12.8 Å². The van der Waals surface area contributed by atoms with Crippen LogP contribution in [0.1, 0.15) is 25.8 Å². The number of carbonyl (C=O) groups is 2. The van der Waals surface area contributed by atoms with E-state index in [1.807, 2.05) is 25.1 Å². The number of urea groups is 1. The topological polar surface area (TPSA) is 67.4 Å². The molecule has 5 nitrogen and oxygen atoms in total. The average molecular weight is 278 g/mol. The molecule has 1 rings (SSSR count). The lowest BCUT2D eigenvalue weighted by atomic mass is 10.1. The fraction of sp³-hybridized carbons (Fsp3) is 0.467. The first-order valence-electron chi connectivity index (χ1n) is 6.71. The van der Waals surface area contributed by atoms with Gasteiger partial charge in [-0.05, 0) is 32.3 Å². The van der Waals surface area contributed by atoms with E-state index in [1.165, 1.54) is 12.7 Å². The van der Waals surface area contributed by atoms with Crippen LogP contribution in [0.25, 0.3) is 0 Å². The third-order valence-corrected chi connectivity index (χ3v) is 2.99. The number of amides is 2. The van der Waals surface area contributed by atoms with Crippen molar-refractivity contribution in [2.45, 2.75) is 38.8 Å². The Kier molecular flexibility index (Phi) is 6.56. The van der Waals surface area contributed by atoms with Crippen molar-refractivity contribution in [3.05, 3.63) is 35.9 Å². The maximum absolute atomic E-state index is 11.7. The monoisotopic (exact) mass is 278 g/mol. The minimum atomic E-state index is -0.652. The van der Waals surface area contributed by atoms with Crippen molar-refractivity contribution in [2.24, 2.45) is 0 Å². The van der Waals surface area contributed by atoms with Gasteiger partial charge in [0, 0.05) is 6.04 Å². The first kappa shape index (κ1) is 16.0. The Labute approximate surface area is 119 Å². The van der Waals surface area contributed by atoms with Crippen LogP contribution < -0.4 is 10.6 Å². The van der Waals surface area contributed by atoms with E-state index in [-0.39, 0.29) is 12.1 Å². The summed E-state index contributed by atoms with van der Waals surface area (Å²) in [6.07, 6.45) is 1.74. The highest BCUT2D eigenvalue weighted by atomic mass is 16.5. The van der Waals surface area contributed by atoms with Gasteiger partial charge in [0.2, 0.25) is 0 Å². The number of aryl methyl sites for hydroxylation is 1. The molecule has 0 radical (unpaired) electrons. The van der Waals surface area contributed by atoms with Crippen molar-refractivity contribution in [1.82, 2.24) is 10.6 Å². The molecule has 0 bridgehead atoms. The molecule has 0 aromatic heterocycles. The second-order valence-corrected chi connectivity index (χ2v) is 4.79. The zero-order valence-electron chi connectivity index (χ0n) is 12.2. The van der Waals surface area contributed by atoms with Gasteiger partial charge in [-0.15, -0.1) is 0 Å². The molecule has 0 aliphatic carbocycles. The van der Waals surface area contributed by atoms with Crippen molar-refractivity contribution in [3.63, 3.8) is 0 Å². The summed E-state index contributed by atoms with van der Waals surface area (Å²) in [5.41, 5.74) is 1.24. The summed E-state index contributed by atoms with van der Waals surface area (Å²) in [6.45, 7) is 3.52. The van der Waals surface area contributed by atoms with Crippen LogP contribution in [0.15, 0.2) is 30.3 Å². The molecule has 0 saturated heterocycles. The summed E-state index contributed by atoms with van der Waals surface area (Å²) < 4.78 is 4.54. The molecule has 0 aliphatic rings. The molecule has 2 amide bonds. The van der Waals surface area contributed by atoms with Gasteiger partial charge in [-0.3, -0.25) is 0 Å². The Bertz CT molecular complexity index is 434. The van der Waals surface area contributed by atoms with E-state index in [0.29, 0.717) is 0 Å². The van der Waals surface area contributed by atoms with Crippen molar-refractivity contribution in [1.29, 1.82) is 0 Å². The molecular formula is C15H22N2O3. The summed E-state index contributed by atoms with van der Waals surface area (Å²) in [5, 5.41) is 5.34. The molecular weight excluding hydrogens is 256 g/mol. The molecule has 20 heavy (non-hydrogen) atoms. The van der Waals surface area contributed by atoms with Gasteiger partial charge in [-0.1, -0.05) is 30.3 Å². The van der Waals surface area contributed by atoms with Crippen LogP contribution in [-0.2, 0) is 16.0 Å². The molecule has 1 aromatic carbocycles.